The number of ether oxygens (including phenoxy) is 1. The summed E-state index contributed by atoms with van der Waals surface area (Å²) < 4.78 is 31.0. The van der Waals surface area contributed by atoms with Crippen LogP contribution in [0.2, 0.25) is 0 Å². The van der Waals surface area contributed by atoms with Crippen LogP contribution in [0.5, 0.6) is 5.75 Å². The molecule has 1 saturated carbocycles. The van der Waals surface area contributed by atoms with E-state index in [0.29, 0.717) is 0 Å². The lowest BCUT2D eigenvalue weighted by molar-refractivity contribution is -0.146. The van der Waals surface area contributed by atoms with Crippen molar-refractivity contribution in [3.05, 3.63) is 59.2 Å². The van der Waals surface area contributed by atoms with Crippen LogP contribution in [0.15, 0.2) is 47.4 Å². The van der Waals surface area contributed by atoms with Gasteiger partial charge in [0.05, 0.1) is 21.5 Å². The highest BCUT2D eigenvalue weighted by atomic mass is 32.2. The fourth-order valence-corrected chi connectivity index (χ4v) is 6.50. The summed E-state index contributed by atoms with van der Waals surface area (Å²) in [6.45, 7) is 2.75. The number of carbonyl (C=O) groups excluding carboxylic acids is 1. The number of benzene rings is 2. The first kappa shape index (κ1) is 23.5. The van der Waals surface area contributed by atoms with Crippen molar-refractivity contribution in [2.45, 2.75) is 69.1 Å². The van der Waals surface area contributed by atoms with Crippen LogP contribution in [-0.4, -0.2) is 31.2 Å². The van der Waals surface area contributed by atoms with Crippen molar-refractivity contribution in [1.82, 2.24) is 0 Å². The highest BCUT2D eigenvalue weighted by Gasteiger charge is 2.47. The molecule has 176 valence electrons. The monoisotopic (exact) mass is 470 g/mol. The SMILES string of the molecule is CC(C)(CS(=O)(=O)c1ccc(OC(=O)C2(c3ccc4c(c3)CCCC4)CCC2)cc1)C(=O)O. The predicted molar refractivity (Wildman–Crippen MR) is 124 cm³/mol. The zero-order chi connectivity index (χ0) is 23.9. The van der Waals surface area contributed by atoms with Crippen LogP contribution in [0, 0.1) is 5.41 Å². The Bertz CT molecular complexity index is 1170. The maximum Gasteiger partial charge on any atom is 0.321 e. The normalized spacial score (nSPS) is 17.5. The number of sulfone groups is 1. The van der Waals surface area contributed by atoms with Crippen molar-refractivity contribution in [2.24, 2.45) is 5.41 Å². The third kappa shape index (κ3) is 4.56. The second-order valence-electron chi connectivity index (χ2n) is 9.94. The minimum atomic E-state index is -3.80. The summed E-state index contributed by atoms with van der Waals surface area (Å²) in [5.74, 6) is -1.73. The number of carboxylic acids is 1. The summed E-state index contributed by atoms with van der Waals surface area (Å²) in [4.78, 5) is 24.5. The summed E-state index contributed by atoms with van der Waals surface area (Å²) in [5, 5.41) is 9.24. The maximum absolute atomic E-state index is 13.2. The smallest absolute Gasteiger partial charge is 0.321 e. The van der Waals surface area contributed by atoms with E-state index >= 15 is 0 Å². The Balaban J connectivity index is 1.51. The predicted octanol–water partition coefficient (Wildman–Crippen LogP) is 4.48. The molecule has 4 rings (SSSR count). The number of hydrogen-bond donors (Lipinski definition) is 1. The molecule has 2 aliphatic carbocycles. The van der Waals surface area contributed by atoms with E-state index in [0.717, 1.165) is 37.7 Å². The van der Waals surface area contributed by atoms with Crippen molar-refractivity contribution in [3.63, 3.8) is 0 Å². The van der Waals surface area contributed by atoms with E-state index in [9.17, 15) is 23.1 Å². The lowest BCUT2D eigenvalue weighted by Crippen LogP contribution is -2.45. The van der Waals surface area contributed by atoms with Crippen LogP contribution in [-0.2, 0) is 37.7 Å². The number of hydrogen-bond acceptors (Lipinski definition) is 5. The average Bonchev–Trinajstić information content (AvgIpc) is 2.72. The summed E-state index contributed by atoms with van der Waals surface area (Å²) >= 11 is 0. The van der Waals surface area contributed by atoms with Crippen LogP contribution in [0.25, 0.3) is 0 Å². The maximum atomic E-state index is 13.2. The summed E-state index contributed by atoms with van der Waals surface area (Å²) in [6.07, 6.45) is 6.95. The van der Waals surface area contributed by atoms with Crippen LogP contribution in [0.3, 0.4) is 0 Å². The molecule has 0 spiro atoms. The van der Waals surface area contributed by atoms with E-state index in [1.54, 1.807) is 0 Å². The Kier molecular flexibility index (Phi) is 6.12. The number of esters is 1. The van der Waals surface area contributed by atoms with Crippen molar-refractivity contribution in [1.29, 1.82) is 0 Å². The van der Waals surface area contributed by atoms with Gasteiger partial charge in [0.1, 0.15) is 5.75 Å². The molecule has 1 fully saturated rings. The molecule has 0 saturated heterocycles. The largest absolute Gasteiger partial charge is 0.481 e. The second kappa shape index (κ2) is 8.60. The van der Waals surface area contributed by atoms with Gasteiger partial charge in [-0.3, -0.25) is 9.59 Å². The molecule has 2 aliphatic rings. The molecule has 0 aromatic heterocycles. The number of aliphatic carboxylic acids is 1. The Labute approximate surface area is 194 Å². The Hall–Kier alpha value is -2.67. The molecule has 2 aromatic carbocycles. The molecule has 0 atom stereocenters. The first-order valence-corrected chi connectivity index (χ1v) is 13.1. The Morgan fingerprint density at radius 3 is 2.18 bits per heavy atom. The third-order valence-corrected chi connectivity index (χ3v) is 9.11. The molecule has 2 aromatic rings. The average molecular weight is 471 g/mol. The van der Waals surface area contributed by atoms with Crippen LogP contribution < -0.4 is 4.74 Å². The molecular weight excluding hydrogens is 440 g/mol. The lowest BCUT2D eigenvalue weighted by Gasteiger charge is -2.40. The summed E-state index contributed by atoms with van der Waals surface area (Å²) in [5.41, 5.74) is 1.65. The topological polar surface area (TPSA) is 97.7 Å². The second-order valence-corrected chi connectivity index (χ2v) is 11.9. The zero-order valence-electron chi connectivity index (χ0n) is 19.1. The Morgan fingerprint density at radius 2 is 1.61 bits per heavy atom. The number of carboxylic acid groups (broad SMARTS) is 1. The molecule has 0 unspecified atom stereocenters. The molecule has 0 bridgehead atoms. The quantitative estimate of drug-likeness (QED) is 0.473. The van der Waals surface area contributed by atoms with E-state index in [2.05, 4.69) is 18.2 Å². The number of fused-ring (bicyclic) bond motifs is 1. The summed E-state index contributed by atoms with van der Waals surface area (Å²) in [7, 11) is -3.80. The molecule has 0 aliphatic heterocycles. The number of aryl methyl sites for hydroxylation is 2. The fourth-order valence-electron chi connectivity index (χ4n) is 4.71. The fraction of sp³-hybridized carbons (Fsp3) is 0.462. The third-order valence-electron chi connectivity index (χ3n) is 7.02. The standard InChI is InChI=1S/C26H30O6S/c1-25(2,23(27)28)17-33(30,31)22-12-10-21(11-13-22)32-24(29)26(14-5-15-26)20-9-8-18-6-3-4-7-19(18)16-20/h8-13,16H,3-7,14-15,17H2,1-2H3,(H,27,28). The first-order chi connectivity index (χ1) is 15.5. The number of rotatable bonds is 7. The van der Waals surface area contributed by atoms with Crippen LogP contribution in [0.4, 0.5) is 0 Å². The molecule has 33 heavy (non-hydrogen) atoms. The Morgan fingerprint density at radius 1 is 0.970 bits per heavy atom. The van der Waals surface area contributed by atoms with Crippen LogP contribution in [0.1, 0.15) is 62.6 Å². The highest BCUT2D eigenvalue weighted by Crippen LogP contribution is 2.46. The number of carbonyl (C=O) groups is 2. The van der Waals surface area contributed by atoms with E-state index in [4.69, 9.17) is 4.74 Å². The van der Waals surface area contributed by atoms with Crippen LogP contribution >= 0.6 is 0 Å². The van der Waals surface area contributed by atoms with Gasteiger partial charge in [-0.25, -0.2) is 8.42 Å². The highest BCUT2D eigenvalue weighted by molar-refractivity contribution is 7.91. The van der Waals surface area contributed by atoms with Gasteiger partial charge >= 0.3 is 11.9 Å². The van der Waals surface area contributed by atoms with E-state index in [1.165, 1.54) is 62.1 Å². The molecule has 0 amide bonds. The van der Waals surface area contributed by atoms with E-state index in [-0.39, 0.29) is 16.6 Å². The van der Waals surface area contributed by atoms with Gasteiger partial charge in [0.2, 0.25) is 0 Å². The molecule has 7 heteroatoms. The van der Waals surface area contributed by atoms with Gasteiger partial charge in [-0.15, -0.1) is 0 Å². The van der Waals surface area contributed by atoms with Crippen molar-refractivity contribution >= 4 is 21.8 Å². The minimum Gasteiger partial charge on any atom is -0.481 e. The first-order valence-electron chi connectivity index (χ1n) is 11.4. The van der Waals surface area contributed by atoms with Gasteiger partial charge < -0.3 is 9.84 Å². The molecule has 0 heterocycles. The van der Waals surface area contributed by atoms with Crippen molar-refractivity contribution in [2.75, 3.05) is 5.75 Å². The zero-order valence-corrected chi connectivity index (χ0v) is 19.9. The van der Waals surface area contributed by atoms with Gasteiger partial charge in [-0.1, -0.05) is 24.6 Å². The van der Waals surface area contributed by atoms with E-state index in [1.807, 2.05) is 0 Å². The van der Waals surface area contributed by atoms with Gasteiger partial charge in [-0.05, 0) is 93.3 Å². The van der Waals surface area contributed by atoms with Gasteiger partial charge in [-0.2, -0.15) is 0 Å². The lowest BCUT2D eigenvalue weighted by atomic mass is 9.64. The molecular formula is C26H30O6S. The van der Waals surface area contributed by atoms with Gasteiger partial charge in [0, 0.05) is 0 Å². The van der Waals surface area contributed by atoms with Crippen molar-refractivity contribution < 1.29 is 27.9 Å². The van der Waals surface area contributed by atoms with Gasteiger partial charge in [0.15, 0.2) is 9.84 Å². The van der Waals surface area contributed by atoms with E-state index < -0.39 is 32.4 Å². The minimum absolute atomic E-state index is 0.00432. The molecule has 6 nitrogen and oxygen atoms in total. The molecule has 0 radical (unpaired) electrons. The summed E-state index contributed by atoms with van der Waals surface area (Å²) in [6, 6.07) is 12.0. The van der Waals surface area contributed by atoms with Gasteiger partial charge in [0.25, 0.3) is 0 Å². The van der Waals surface area contributed by atoms with Crippen molar-refractivity contribution in [3.8, 4) is 5.75 Å². The molecule has 1 N–H and O–H groups in total.